The van der Waals surface area contributed by atoms with Crippen molar-refractivity contribution < 1.29 is 19.2 Å². The summed E-state index contributed by atoms with van der Waals surface area (Å²) < 4.78 is 11.0. The van der Waals surface area contributed by atoms with Crippen molar-refractivity contribution in [2.24, 2.45) is 0 Å². The van der Waals surface area contributed by atoms with Crippen LogP contribution in [0.15, 0.2) is 29.0 Å². The monoisotopic (exact) mass is 359 g/mol. The Kier molecular flexibility index (Phi) is 5.88. The number of aliphatic hydroxyl groups is 1. The minimum atomic E-state index is -0.744. The highest BCUT2D eigenvalue weighted by molar-refractivity contribution is 5.76. The van der Waals surface area contributed by atoms with Crippen molar-refractivity contribution >= 4 is 5.91 Å². The van der Waals surface area contributed by atoms with Crippen molar-refractivity contribution in [2.45, 2.75) is 64.2 Å². The van der Waals surface area contributed by atoms with Crippen molar-refractivity contribution in [3.63, 3.8) is 0 Å². The van der Waals surface area contributed by atoms with E-state index in [-0.39, 0.29) is 18.1 Å². The van der Waals surface area contributed by atoms with Gasteiger partial charge in [-0.2, -0.15) is 0 Å². The zero-order valence-electron chi connectivity index (χ0n) is 15.1. The first-order chi connectivity index (χ1) is 12.5. The van der Waals surface area contributed by atoms with Gasteiger partial charge in [0.05, 0.1) is 17.9 Å². The Bertz CT molecular complexity index is 712. The number of nitrogens with one attached hydrogen (secondary N) is 1. The molecule has 0 spiro atoms. The van der Waals surface area contributed by atoms with Crippen LogP contribution in [0.25, 0.3) is 0 Å². The molecule has 2 aromatic heterocycles. The van der Waals surface area contributed by atoms with Gasteiger partial charge < -0.3 is 19.7 Å². The standard InChI is InChI=1S/C19H25N3O4/c1-12-15(13(2)26-22-12)8-9-18(23)21-16-6-3-7-17(19(16)24)25-14-5-4-10-20-11-14/h4-5,10-11,16-17,19,24H,3,6-9H2,1-2H3,(H,21,23)/t16-,17-,19-/m1/s1. The molecule has 0 aliphatic heterocycles. The molecule has 1 aliphatic rings. The number of rotatable bonds is 6. The normalized spacial score (nSPS) is 22.8. The van der Waals surface area contributed by atoms with Crippen molar-refractivity contribution in [1.82, 2.24) is 15.5 Å². The van der Waals surface area contributed by atoms with Crippen molar-refractivity contribution in [2.75, 3.05) is 0 Å². The molecule has 7 heteroatoms. The summed E-state index contributed by atoms with van der Waals surface area (Å²) in [5, 5.41) is 17.4. The molecule has 0 saturated heterocycles. The average Bonchev–Trinajstić information content (AvgIpc) is 2.95. The third kappa shape index (κ3) is 4.40. The van der Waals surface area contributed by atoms with Gasteiger partial charge in [0.25, 0.3) is 0 Å². The molecule has 2 heterocycles. The van der Waals surface area contributed by atoms with E-state index in [2.05, 4.69) is 15.5 Å². The molecule has 26 heavy (non-hydrogen) atoms. The van der Waals surface area contributed by atoms with E-state index >= 15 is 0 Å². The van der Waals surface area contributed by atoms with Crippen molar-refractivity contribution in [3.05, 3.63) is 41.5 Å². The third-order valence-electron chi connectivity index (χ3n) is 4.85. The topological polar surface area (TPSA) is 97.5 Å². The van der Waals surface area contributed by atoms with Crippen LogP contribution in [0.4, 0.5) is 0 Å². The molecule has 1 saturated carbocycles. The van der Waals surface area contributed by atoms with Crippen LogP contribution in [0.1, 0.15) is 42.7 Å². The third-order valence-corrected chi connectivity index (χ3v) is 4.85. The predicted molar refractivity (Wildman–Crippen MR) is 94.7 cm³/mol. The van der Waals surface area contributed by atoms with E-state index in [1.54, 1.807) is 18.5 Å². The minimum absolute atomic E-state index is 0.0870. The van der Waals surface area contributed by atoms with Gasteiger partial charge in [-0.15, -0.1) is 0 Å². The van der Waals surface area contributed by atoms with E-state index in [1.807, 2.05) is 19.9 Å². The Hall–Kier alpha value is -2.41. The first kappa shape index (κ1) is 18.4. The molecule has 1 amide bonds. The van der Waals surface area contributed by atoms with Crippen LogP contribution in [0, 0.1) is 13.8 Å². The summed E-state index contributed by atoms with van der Waals surface area (Å²) in [7, 11) is 0. The fourth-order valence-electron chi connectivity index (χ4n) is 3.39. The fourth-order valence-corrected chi connectivity index (χ4v) is 3.39. The number of aliphatic hydroxyl groups excluding tert-OH is 1. The molecule has 0 bridgehead atoms. The molecule has 3 rings (SSSR count). The highest BCUT2D eigenvalue weighted by Crippen LogP contribution is 2.24. The molecule has 0 unspecified atom stereocenters. The summed E-state index contributed by atoms with van der Waals surface area (Å²) in [6.45, 7) is 3.72. The second-order valence-corrected chi connectivity index (χ2v) is 6.74. The van der Waals surface area contributed by atoms with Gasteiger partial charge in [0, 0.05) is 18.2 Å². The number of carbonyl (C=O) groups excluding carboxylic acids is 1. The van der Waals surface area contributed by atoms with E-state index in [4.69, 9.17) is 9.26 Å². The summed E-state index contributed by atoms with van der Waals surface area (Å²) in [4.78, 5) is 16.3. The van der Waals surface area contributed by atoms with Gasteiger partial charge in [-0.25, -0.2) is 0 Å². The maximum atomic E-state index is 12.3. The number of hydrogen-bond acceptors (Lipinski definition) is 6. The second kappa shape index (κ2) is 8.31. The van der Waals surface area contributed by atoms with Gasteiger partial charge in [-0.1, -0.05) is 5.16 Å². The molecule has 0 radical (unpaired) electrons. The van der Waals surface area contributed by atoms with E-state index in [9.17, 15) is 9.90 Å². The Morgan fingerprint density at radius 3 is 2.96 bits per heavy atom. The fraction of sp³-hybridized carbons (Fsp3) is 0.526. The summed E-state index contributed by atoms with van der Waals surface area (Å²) in [6, 6.07) is 3.30. The molecule has 2 aromatic rings. The van der Waals surface area contributed by atoms with Gasteiger partial charge in [0.2, 0.25) is 5.91 Å². The van der Waals surface area contributed by atoms with E-state index < -0.39 is 6.10 Å². The summed E-state index contributed by atoms with van der Waals surface area (Å²) in [6.07, 6.45) is 5.49. The molecule has 0 aromatic carbocycles. The van der Waals surface area contributed by atoms with Crippen LogP contribution in [0.2, 0.25) is 0 Å². The lowest BCUT2D eigenvalue weighted by Gasteiger charge is -2.35. The Morgan fingerprint density at radius 1 is 1.42 bits per heavy atom. The van der Waals surface area contributed by atoms with E-state index in [0.29, 0.717) is 18.6 Å². The van der Waals surface area contributed by atoms with Crippen LogP contribution in [-0.4, -0.2) is 39.4 Å². The lowest BCUT2D eigenvalue weighted by molar-refractivity contribution is -0.124. The number of hydrogen-bond donors (Lipinski definition) is 2. The predicted octanol–water partition coefficient (Wildman–Crippen LogP) is 2.10. The lowest BCUT2D eigenvalue weighted by Crippen LogP contribution is -2.52. The maximum absolute atomic E-state index is 12.3. The number of ether oxygens (including phenoxy) is 1. The van der Waals surface area contributed by atoms with Gasteiger partial charge >= 0.3 is 0 Å². The Balaban J connectivity index is 1.52. The highest BCUT2D eigenvalue weighted by atomic mass is 16.5. The van der Waals surface area contributed by atoms with Gasteiger partial charge in [-0.05, 0) is 51.7 Å². The first-order valence-electron chi connectivity index (χ1n) is 9.00. The zero-order valence-corrected chi connectivity index (χ0v) is 15.1. The summed E-state index contributed by atoms with van der Waals surface area (Å²) >= 11 is 0. The van der Waals surface area contributed by atoms with Crippen LogP contribution >= 0.6 is 0 Å². The molecular formula is C19H25N3O4. The van der Waals surface area contributed by atoms with E-state index in [1.165, 1.54) is 0 Å². The number of aromatic nitrogens is 2. The molecule has 7 nitrogen and oxygen atoms in total. The molecule has 1 fully saturated rings. The SMILES string of the molecule is Cc1noc(C)c1CCC(=O)N[C@@H]1CCC[C@@H](Oc2cccnc2)[C@@H]1O. The number of pyridine rings is 1. The maximum Gasteiger partial charge on any atom is 0.220 e. The number of amides is 1. The lowest BCUT2D eigenvalue weighted by atomic mass is 9.89. The summed E-state index contributed by atoms with van der Waals surface area (Å²) in [5.74, 6) is 1.29. The van der Waals surface area contributed by atoms with Crippen LogP contribution in [0.3, 0.4) is 0 Å². The quantitative estimate of drug-likeness (QED) is 0.820. The average molecular weight is 359 g/mol. The highest BCUT2D eigenvalue weighted by Gasteiger charge is 2.34. The van der Waals surface area contributed by atoms with E-state index in [0.717, 1.165) is 36.3 Å². The van der Waals surface area contributed by atoms with Crippen LogP contribution in [-0.2, 0) is 11.2 Å². The van der Waals surface area contributed by atoms with Gasteiger partial charge in [0.15, 0.2) is 0 Å². The van der Waals surface area contributed by atoms with Crippen molar-refractivity contribution in [3.8, 4) is 5.75 Å². The van der Waals surface area contributed by atoms with Crippen molar-refractivity contribution in [1.29, 1.82) is 0 Å². The van der Waals surface area contributed by atoms with Gasteiger partial charge in [-0.3, -0.25) is 9.78 Å². The largest absolute Gasteiger partial charge is 0.486 e. The molecule has 3 atom stereocenters. The number of carbonyl (C=O) groups is 1. The molecule has 140 valence electrons. The van der Waals surface area contributed by atoms with Crippen LogP contribution < -0.4 is 10.1 Å². The van der Waals surface area contributed by atoms with Gasteiger partial charge in [0.1, 0.15) is 23.7 Å². The molecular weight excluding hydrogens is 334 g/mol. The Morgan fingerprint density at radius 2 is 2.27 bits per heavy atom. The number of nitrogens with zero attached hydrogens (tertiary/aromatic N) is 2. The first-order valence-corrected chi connectivity index (χ1v) is 9.00. The molecule has 1 aliphatic carbocycles. The Labute approximate surface area is 152 Å². The zero-order chi connectivity index (χ0) is 18.5. The minimum Gasteiger partial charge on any atom is -0.486 e. The number of aryl methyl sites for hydroxylation is 2. The smallest absolute Gasteiger partial charge is 0.220 e. The summed E-state index contributed by atoms with van der Waals surface area (Å²) in [5.41, 5.74) is 1.79. The van der Waals surface area contributed by atoms with Crippen LogP contribution in [0.5, 0.6) is 5.75 Å². The molecule has 2 N–H and O–H groups in total. The second-order valence-electron chi connectivity index (χ2n) is 6.74.